The first-order valence-corrected chi connectivity index (χ1v) is 7.05. The molecule has 0 radical (unpaired) electrons. The van der Waals surface area contributed by atoms with E-state index in [-0.39, 0.29) is 16.2 Å². The Kier molecular flexibility index (Phi) is 3.73. The standard InChI is InChI=1S/C13H11NO5S/c14-20(17,18)12-8-9(13(15)16)6-7-11(12)19-10-4-2-1-3-5-10/h1-8H,(H,15,16)(H2,14,17,18). The second-order valence-corrected chi connectivity index (χ2v) is 5.46. The van der Waals surface area contributed by atoms with Crippen LogP contribution in [0.25, 0.3) is 0 Å². The summed E-state index contributed by atoms with van der Waals surface area (Å²) in [5.74, 6) is -0.856. The van der Waals surface area contributed by atoms with Gasteiger partial charge in [0, 0.05) is 0 Å². The van der Waals surface area contributed by atoms with E-state index in [2.05, 4.69) is 0 Å². The molecule has 2 aromatic carbocycles. The lowest BCUT2D eigenvalue weighted by atomic mass is 10.2. The molecule has 20 heavy (non-hydrogen) atoms. The molecular formula is C13H11NO5S. The number of carbonyl (C=O) groups is 1. The molecule has 2 aromatic rings. The van der Waals surface area contributed by atoms with Crippen molar-refractivity contribution in [3.63, 3.8) is 0 Å². The van der Waals surface area contributed by atoms with Crippen LogP contribution >= 0.6 is 0 Å². The summed E-state index contributed by atoms with van der Waals surface area (Å²) in [4.78, 5) is 10.5. The molecule has 0 fully saturated rings. The zero-order chi connectivity index (χ0) is 14.8. The number of ether oxygens (including phenoxy) is 1. The molecule has 0 saturated carbocycles. The minimum Gasteiger partial charge on any atom is -0.478 e. The smallest absolute Gasteiger partial charge is 0.335 e. The number of sulfonamides is 1. The fourth-order valence-electron chi connectivity index (χ4n) is 1.56. The number of rotatable bonds is 4. The first-order valence-electron chi connectivity index (χ1n) is 5.51. The number of hydrogen-bond acceptors (Lipinski definition) is 4. The Labute approximate surface area is 115 Å². The molecule has 0 spiro atoms. The van der Waals surface area contributed by atoms with Gasteiger partial charge in [-0.1, -0.05) is 18.2 Å². The lowest BCUT2D eigenvalue weighted by molar-refractivity contribution is 0.0696. The molecule has 0 aromatic heterocycles. The van der Waals surface area contributed by atoms with Crippen molar-refractivity contribution in [1.29, 1.82) is 0 Å². The van der Waals surface area contributed by atoms with Gasteiger partial charge in [0.25, 0.3) is 0 Å². The van der Waals surface area contributed by atoms with Gasteiger partial charge in [-0.3, -0.25) is 0 Å². The Bertz CT molecular complexity index is 741. The van der Waals surface area contributed by atoms with Crippen molar-refractivity contribution in [2.24, 2.45) is 5.14 Å². The molecule has 2 rings (SSSR count). The van der Waals surface area contributed by atoms with Gasteiger partial charge < -0.3 is 9.84 Å². The van der Waals surface area contributed by atoms with Crippen LogP contribution < -0.4 is 9.88 Å². The third kappa shape index (κ3) is 3.14. The second kappa shape index (κ2) is 5.32. The molecule has 0 unspecified atom stereocenters. The molecule has 0 amide bonds. The van der Waals surface area contributed by atoms with Crippen molar-refractivity contribution in [1.82, 2.24) is 0 Å². The Balaban J connectivity index is 2.50. The van der Waals surface area contributed by atoms with Gasteiger partial charge in [0.05, 0.1) is 5.56 Å². The van der Waals surface area contributed by atoms with E-state index in [4.69, 9.17) is 15.0 Å². The first-order chi connectivity index (χ1) is 9.38. The highest BCUT2D eigenvalue weighted by molar-refractivity contribution is 7.89. The normalized spacial score (nSPS) is 11.1. The number of nitrogens with two attached hydrogens (primary N) is 1. The quantitative estimate of drug-likeness (QED) is 0.894. The van der Waals surface area contributed by atoms with E-state index >= 15 is 0 Å². The fourth-order valence-corrected chi connectivity index (χ4v) is 2.24. The number of hydrogen-bond donors (Lipinski definition) is 2. The molecular weight excluding hydrogens is 282 g/mol. The van der Waals surface area contributed by atoms with Gasteiger partial charge in [-0.25, -0.2) is 18.4 Å². The lowest BCUT2D eigenvalue weighted by Crippen LogP contribution is -2.14. The Hall–Kier alpha value is -2.38. The van der Waals surface area contributed by atoms with Gasteiger partial charge in [-0.05, 0) is 30.3 Å². The lowest BCUT2D eigenvalue weighted by Gasteiger charge is -2.10. The SMILES string of the molecule is NS(=O)(=O)c1cc(C(=O)O)ccc1Oc1ccccc1. The van der Waals surface area contributed by atoms with Crippen LogP contribution in [0.15, 0.2) is 53.4 Å². The molecule has 0 atom stereocenters. The topological polar surface area (TPSA) is 107 Å². The Morgan fingerprint density at radius 2 is 1.75 bits per heavy atom. The van der Waals surface area contributed by atoms with E-state index in [9.17, 15) is 13.2 Å². The molecule has 104 valence electrons. The number of primary sulfonamides is 1. The minimum atomic E-state index is -4.10. The largest absolute Gasteiger partial charge is 0.478 e. The predicted molar refractivity (Wildman–Crippen MR) is 71.3 cm³/mol. The van der Waals surface area contributed by atoms with Crippen molar-refractivity contribution in [3.8, 4) is 11.5 Å². The highest BCUT2D eigenvalue weighted by Crippen LogP contribution is 2.28. The summed E-state index contributed by atoms with van der Waals surface area (Å²) >= 11 is 0. The third-order valence-electron chi connectivity index (χ3n) is 2.47. The van der Waals surface area contributed by atoms with Gasteiger partial charge in [-0.2, -0.15) is 0 Å². The minimum absolute atomic E-state index is 0.0244. The van der Waals surface area contributed by atoms with Crippen molar-refractivity contribution in [2.75, 3.05) is 0 Å². The molecule has 0 heterocycles. The zero-order valence-electron chi connectivity index (χ0n) is 10.2. The molecule has 3 N–H and O–H groups in total. The number of aromatic carboxylic acids is 1. The van der Waals surface area contributed by atoms with Crippen molar-refractivity contribution >= 4 is 16.0 Å². The van der Waals surface area contributed by atoms with Crippen LogP contribution in [0.4, 0.5) is 0 Å². The van der Waals surface area contributed by atoms with Crippen molar-refractivity contribution in [3.05, 3.63) is 54.1 Å². The average molecular weight is 293 g/mol. The van der Waals surface area contributed by atoms with E-state index in [1.54, 1.807) is 30.3 Å². The molecule has 6 nitrogen and oxygen atoms in total. The van der Waals surface area contributed by atoms with Gasteiger partial charge in [0.15, 0.2) is 0 Å². The monoisotopic (exact) mass is 293 g/mol. The van der Waals surface area contributed by atoms with Crippen LogP contribution in [0.3, 0.4) is 0 Å². The number of benzene rings is 2. The molecule has 0 bridgehead atoms. The Morgan fingerprint density at radius 3 is 2.30 bits per heavy atom. The van der Waals surface area contributed by atoms with E-state index in [1.165, 1.54) is 12.1 Å². The van der Waals surface area contributed by atoms with E-state index in [0.717, 1.165) is 6.07 Å². The molecule has 0 aliphatic rings. The number of carboxylic acids is 1. The highest BCUT2D eigenvalue weighted by Gasteiger charge is 2.18. The van der Waals surface area contributed by atoms with Crippen LogP contribution in [0.5, 0.6) is 11.5 Å². The van der Waals surface area contributed by atoms with Gasteiger partial charge in [0.2, 0.25) is 10.0 Å². The molecule has 0 aliphatic carbocycles. The summed E-state index contributed by atoms with van der Waals surface area (Å²) < 4.78 is 28.5. The summed E-state index contributed by atoms with van der Waals surface area (Å²) in [6.45, 7) is 0. The van der Waals surface area contributed by atoms with E-state index in [1.807, 2.05) is 0 Å². The van der Waals surface area contributed by atoms with Crippen LogP contribution in [-0.4, -0.2) is 19.5 Å². The van der Waals surface area contributed by atoms with Gasteiger partial charge >= 0.3 is 5.97 Å². The number of carboxylic acid groups (broad SMARTS) is 1. The van der Waals surface area contributed by atoms with Crippen molar-refractivity contribution in [2.45, 2.75) is 4.90 Å². The van der Waals surface area contributed by atoms with Crippen molar-refractivity contribution < 1.29 is 23.1 Å². The maximum absolute atomic E-state index is 11.5. The van der Waals surface area contributed by atoms with E-state index < -0.39 is 16.0 Å². The summed E-state index contributed by atoms with van der Waals surface area (Å²) in [6, 6.07) is 12.0. The summed E-state index contributed by atoms with van der Waals surface area (Å²) in [7, 11) is -4.10. The zero-order valence-corrected chi connectivity index (χ0v) is 11.0. The van der Waals surface area contributed by atoms with Crippen LogP contribution in [0.2, 0.25) is 0 Å². The second-order valence-electron chi connectivity index (χ2n) is 3.93. The maximum atomic E-state index is 11.5. The third-order valence-corrected chi connectivity index (χ3v) is 3.40. The molecule has 0 aliphatic heterocycles. The van der Waals surface area contributed by atoms with Crippen LogP contribution in [0.1, 0.15) is 10.4 Å². The molecule has 7 heteroatoms. The van der Waals surface area contributed by atoms with Crippen LogP contribution in [0, 0.1) is 0 Å². The van der Waals surface area contributed by atoms with E-state index in [0.29, 0.717) is 5.75 Å². The maximum Gasteiger partial charge on any atom is 0.335 e. The summed E-state index contributed by atoms with van der Waals surface area (Å²) in [5, 5.41) is 14.0. The van der Waals surface area contributed by atoms with Gasteiger partial charge in [-0.15, -0.1) is 0 Å². The summed E-state index contributed by atoms with van der Waals surface area (Å²) in [6.07, 6.45) is 0. The average Bonchev–Trinajstić information content (AvgIpc) is 2.39. The van der Waals surface area contributed by atoms with Gasteiger partial charge in [0.1, 0.15) is 16.4 Å². The fraction of sp³-hybridized carbons (Fsp3) is 0. The van der Waals surface area contributed by atoms with Crippen LogP contribution in [-0.2, 0) is 10.0 Å². The predicted octanol–water partition coefficient (Wildman–Crippen LogP) is 1.82. The highest BCUT2D eigenvalue weighted by atomic mass is 32.2. The first kappa shape index (κ1) is 14.0. The summed E-state index contributed by atoms with van der Waals surface area (Å²) in [5.41, 5.74) is -0.186. The molecule has 0 saturated heterocycles. The Morgan fingerprint density at radius 1 is 1.10 bits per heavy atom. The number of para-hydroxylation sites is 1.